The normalized spacial score (nSPS) is 36.0. The van der Waals surface area contributed by atoms with E-state index in [0.717, 1.165) is 44.9 Å². The molecule has 0 aromatic carbocycles. The molecule has 4 rings (SSSR count). The highest BCUT2D eigenvalue weighted by molar-refractivity contribution is 5.83. The summed E-state index contributed by atoms with van der Waals surface area (Å²) >= 11 is 0. The predicted molar refractivity (Wildman–Crippen MR) is 179 cm³/mol. The summed E-state index contributed by atoms with van der Waals surface area (Å²) in [5.41, 5.74) is -1.04. The lowest BCUT2D eigenvalue weighted by Crippen LogP contribution is -2.62. The van der Waals surface area contributed by atoms with Gasteiger partial charge in [-0.15, -0.1) is 0 Å². The van der Waals surface area contributed by atoms with Crippen molar-refractivity contribution in [2.24, 2.45) is 5.41 Å². The first-order valence-corrected chi connectivity index (χ1v) is 18.3. The van der Waals surface area contributed by atoms with E-state index in [1.54, 1.807) is 26.0 Å². The number of unbranched alkanes of at least 4 members (excludes halogenated alkanes) is 4. The Bertz CT molecular complexity index is 1180. The number of carbonyl (C=O) groups is 3. The van der Waals surface area contributed by atoms with E-state index in [1.807, 2.05) is 0 Å². The summed E-state index contributed by atoms with van der Waals surface area (Å²) in [5.74, 6) is -4.22. The Morgan fingerprint density at radius 1 is 1.00 bits per heavy atom. The largest absolute Gasteiger partial charge is 0.466 e. The monoisotopic (exact) mass is 710 g/mol. The van der Waals surface area contributed by atoms with Gasteiger partial charge in [-0.05, 0) is 43.8 Å². The summed E-state index contributed by atoms with van der Waals surface area (Å²) in [6.07, 6.45) is 6.61. The maximum Gasteiger partial charge on any atom is 0.330 e. The zero-order valence-electron chi connectivity index (χ0n) is 30.1. The third-order valence-electron chi connectivity index (χ3n) is 10.0. The van der Waals surface area contributed by atoms with E-state index in [4.69, 9.17) is 33.2 Å². The fraction of sp³-hybridized carbons (Fsp3) is 0.811. The first-order valence-electron chi connectivity index (χ1n) is 18.3. The highest BCUT2D eigenvalue weighted by atomic mass is 16.7. The molecule has 3 fully saturated rings. The van der Waals surface area contributed by atoms with E-state index in [2.05, 4.69) is 6.92 Å². The number of carbonyl (C=O) groups excluding carboxylic acids is 3. The minimum absolute atomic E-state index is 0.000953. The molecule has 0 saturated carbocycles. The quantitative estimate of drug-likeness (QED) is 0.103. The smallest absolute Gasteiger partial charge is 0.330 e. The standard InChI is InChI=1S/C37H58O13/c1-5-6-7-8-9-13-31(40)49-35-24(17-32(41)44-4)16-28-21-29(22-38)47-33(42)19-25(39)18-26-11-10-12-27(46-26)20-30-23-45-34(48-30)14-15-36(2,3)37(35,43)50-28/h14-15,17,25-30,34-35,38-39,43H,5-13,16,18-23H2,1-4H3/t25-,26+,27-,28+,29?,30?,34+,35+,37-/m1/s1. The molecule has 0 radical (unpaired) electrons. The van der Waals surface area contributed by atoms with Crippen LogP contribution >= 0.6 is 0 Å². The van der Waals surface area contributed by atoms with E-state index in [0.29, 0.717) is 19.4 Å². The Morgan fingerprint density at radius 3 is 2.46 bits per heavy atom. The van der Waals surface area contributed by atoms with Crippen LogP contribution in [0.2, 0.25) is 0 Å². The minimum atomic E-state index is -2.24. The van der Waals surface area contributed by atoms with Crippen LogP contribution in [0.25, 0.3) is 0 Å². The van der Waals surface area contributed by atoms with Crippen LogP contribution in [0, 0.1) is 5.41 Å². The Morgan fingerprint density at radius 2 is 1.74 bits per heavy atom. The fourth-order valence-electron chi connectivity index (χ4n) is 7.18. The molecule has 2 unspecified atom stereocenters. The maximum atomic E-state index is 13.2. The second kappa shape index (κ2) is 18.9. The summed E-state index contributed by atoms with van der Waals surface area (Å²) < 4.78 is 41.2. The van der Waals surface area contributed by atoms with Gasteiger partial charge in [0, 0.05) is 37.2 Å². The lowest BCUT2D eigenvalue weighted by atomic mass is 9.74. The number of aliphatic hydroxyl groups is 3. The SMILES string of the molecule is CCCCCCCC(=O)O[C@H]1C(=CC(=O)OC)C[C@H]2CC(CO)OC(=O)C[C@H](O)C[C@@H]3CCC[C@H](CC4CO[C@H](C=CC(C)(C)[C@]1(O)O2)O4)O3. The average Bonchev–Trinajstić information content (AvgIpc) is 3.51. The van der Waals surface area contributed by atoms with Crippen molar-refractivity contribution in [1.29, 1.82) is 0 Å². The van der Waals surface area contributed by atoms with Crippen molar-refractivity contribution in [2.45, 2.75) is 165 Å². The molecule has 13 nitrogen and oxygen atoms in total. The van der Waals surface area contributed by atoms with Crippen LogP contribution in [-0.4, -0.2) is 108 Å². The third kappa shape index (κ3) is 11.3. The van der Waals surface area contributed by atoms with E-state index >= 15 is 0 Å². The van der Waals surface area contributed by atoms with Gasteiger partial charge in [0.15, 0.2) is 12.4 Å². The average molecular weight is 711 g/mol. The van der Waals surface area contributed by atoms with Gasteiger partial charge in [-0.25, -0.2) is 4.79 Å². The number of fused-ring (bicyclic) bond motifs is 6. The summed E-state index contributed by atoms with van der Waals surface area (Å²) in [6.45, 7) is 5.29. The maximum absolute atomic E-state index is 13.2. The lowest BCUT2D eigenvalue weighted by Gasteiger charge is -2.51. The summed E-state index contributed by atoms with van der Waals surface area (Å²) in [7, 11) is 1.22. The molecule has 13 heteroatoms. The highest BCUT2D eigenvalue weighted by Crippen LogP contribution is 2.47. The van der Waals surface area contributed by atoms with Crippen molar-refractivity contribution in [2.75, 3.05) is 20.3 Å². The van der Waals surface area contributed by atoms with Crippen molar-refractivity contribution in [1.82, 2.24) is 0 Å². The molecule has 4 aliphatic heterocycles. The Hall–Kier alpha value is -2.39. The zero-order chi connectivity index (χ0) is 36.3. The number of hydrogen-bond donors (Lipinski definition) is 3. The molecular formula is C37H58O13. The summed E-state index contributed by atoms with van der Waals surface area (Å²) in [4.78, 5) is 38.8. The van der Waals surface area contributed by atoms with Crippen LogP contribution in [0.3, 0.4) is 0 Å². The molecule has 0 aromatic rings. The Kier molecular flexibility index (Phi) is 15.3. The summed E-state index contributed by atoms with van der Waals surface area (Å²) in [5, 5.41) is 33.5. The number of rotatable bonds is 9. The predicted octanol–water partition coefficient (Wildman–Crippen LogP) is 3.94. The molecule has 0 aliphatic carbocycles. The number of aliphatic hydroxyl groups excluding tert-OH is 2. The van der Waals surface area contributed by atoms with Gasteiger partial charge in [-0.1, -0.05) is 52.5 Å². The zero-order valence-corrected chi connectivity index (χ0v) is 30.1. The highest BCUT2D eigenvalue weighted by Gasteiger charge is 2.57. The Balaban J connectivity index is 1.66. The number of ether oxygens (including phenoxy) is 7. The first-order chi connectivity index (χ1) is 23.8. The molecule has 0 spiro atoms. The van der Waals surface area contributed by atoms with Crippen LogP contribution in [-0.2, 0) is 47.5 Å². The molecule has 6 bridgehead atoms. The van der Waals surface area contributed by atoms with Crippen molar-refractivity contribution in [3.05, 3.63) is 23.8 Å². The number of cyclic esters (lactones) is 1. The summed E-state index contributed by atoms with van der Waals surface area (Å²) in [6, 6.07) is 0. The number of hydrogen-bond acceptors (Lipinski definition) is 13. The van der Waals surface area contributed by atoms with Crippen molar-refractivity contribution >= 4 is 17.9 Å². The molecule has 0 amide bonds. The molecule has 3 saturated heterocycles. The van der Waals surface area contributed by atoms with Crippen LogP contribution in [0.4, 0.5) is 0 Å². The molecule has 284 valence electrons. The molecular weight excluding hydrogens is 652 g/mol. The minimum Gasteiger partial charge on any atom is -0.466 e. The second-order valence-electron chi connectivity index (χ2n) is 14.6. The van der Waals surface area contributed by atoms with Crippen LogP contribution < -0.4 is 0 Å². The molecule has 4 heterocycles. The first kappa shape index (κ1) is 40.4. The van der Waals surface area contributed by atoms with Gasteiger partial charge in [-0.3, -0.25) is 9.59 Å². The van der Waals surface area contributed by atoms with E-state index in [9.17, 15) is 29.7 Å². The van der Waals surface area contributed by atoms with Crippen LogP contribution in [0.15, 0.2) is 23.8 Å². The second-order valence-corrected chi connectivity index (χ2v) is 14.6. The van der Waals surface area contributed by atoms with Gasteiger partial charge >= 0.3 is 17.9 Å². The van der Waals surface area contributed by atoms with Gasteiger partial charge in [0.1, 0.15) is 6.10 Å². The molecule has 0 aromatic heterocycles. The lowest BCUT2D eigenvalue weighted by molar-refractivity contribution is -0.327. The third-order valence-corrected chi connectivity index (χ3v) is 10.0. The van der Waals surface area contributed by atoms with Crippen LogP contribution in [0.5, 0.6) is 0 Å². The number of methoxy groups -OCH3 is 1. The topological polar surface area (TPSA) is 177 Å². The molecule has 50 heavy (non-hydrogen) atoms. The van der Waals surface area contributed by atoms with Gasteiger partial charge < -0.3 is 48.5 Å². The van der Waals surface area contributed by atoms with Gasteiger partial charge in [0.2, 0.25) is 5.79 Å². The van der Waals surface area contributed by atoms with E-state index < -0.39 is 66.4 Å². The van der Waals surface area contributed by atoms with Gasteiger partial charge in [-0.2, -0.15) is 0 Å². The van der Waals surface area contributed by atoms with Gasteiger partial charge in [0.05, 0.1) is 57.3 Å². The molecule has 4 aliphatic rings. The number of esters is 3. The van der Waals surface area contributed by atoms with Crippen molar-refractivity contribution in [3.8, 4) is 0 Å². The van der Waals surface area contributed by atoms with E-state index in [1.165, 1.54) is 13.2 Å². The molecule has 9 atom stereocenters. The van der Waals surface area contributed by atoms with E-state index in [-0.39, 0.29) is 56.0 Å². The van der Waals surface area contributed by atoms with Crippen molar-refractivity contribution < 1.29 is 62.9 Å². The molecule has 3 N–H and O–H groups in total. The Labute approximate surface area is 295 Å². The fourth-order valence-corrected chi connectivity index (χ4v) is 7.18. The van der Waals surface area contributed by atoms with Crippen molar-refractivity contribution in [3.63, 3.8) is 0 Å². The van der Waals surface area contributed by atoms with Gasteiger partial charge in [0.25, 0.3) is 0 Å². The van der Waals surface area contributed by atoms with Crippen LogP contribution in [0.1, 0.15) is 111 Å².